The zero-order chi connectivity index (χ0) is 11.5. The summed E-state index contributed by atoms with van der Waals surface area (Å²) in [5, 5.41) is 1.92. The van der Waals surface area contributed by atoms with Crippen LogP contribution >= 0.6 is 0 Å². The molecule has 1 atom stereocenters. The van der Waals surface area contributed by atoms with E-state index in [4.69, 9.17) is 5.73 Å². The van der Waals surface area contributed by atoms with E-state index in [2.05, 4.69) is 11.9 Å². The molecule has 0 saturated carbocycles. The summed E-state index contributed by atoms with van der Waals surface area (Å²) in [5.74, 6) is 0.142. The third kappa shape index (κ3) is 2.19. The minimum absolute atomic E-state index is 0.220. The van der Waals surface area contributed by atoms with Gasteiger partial charge in [0.1, 0.15) is 5.82 Å². The predicted molar refractivity (Wildman–Crippen MR) is 63.6 cm³/mol. The maximum Gasteiger partial charge on any atom is 0.123 e. The first-order valence-corrected chi connectivity index (χ1v) is 5.44. The van der Waals surface area contributed by atoms with Crippen molar-refractivity contribution < 1.29 is 4.39 Å². The van der Waals surface area contributed by atoms with Crippen molar-refractivity contribution in [2.24, 2.45) is 11.7 Å². The highest BCUT2D eigenvalue weighted by atomic mass is 19.1. The Morgan fingerprint density at radius 3 is 2.94 bits per heavy atom. The Morgan fingerprint density at radius 2 is 2.19 bits per heavy atom. The van der Waals surface area contributed by atoms with Gasteiger partial charge >= 0.3 is 0 Å². The molecule has 2 aromatic rings. The molecule has 0 fully saturated rings. The van der Waals surface area contributed by atoms with Crippen LogP contribution in [-0.2, 0) is 6.42 Å². The first-order chi connectivity index (χ1) is 7.70. The fraction of sp³-hybridized carbons (Fsp3) is 0.308. The molecule has 0 aliphatic carbocycles. The van der Waals surface area contributed by atoms with Gasteiger partial charge in [-0.15, -0.1) is 0 Å². The number of hydrogen-bond donors (Lipinski definition) is 1. The standard InChI is InChI=1S/C13H15FN2/c1-9(8-15)6-13-12-7-11(14)3-2-10(12)4-5-16-13/h2-5,7,9H,6,8,15H2,1H3. The lowest BCUT2D eigenvalue weighted by Crippen LogP contribution is -2.14. The highest BCUT2D eigenvalue weighted by Crippen LogP contribution is 2.20. The molecule has 3 heteroatoms. The van der Waals surface area contributed by atoms with E-state index < -0.39 is 0 Å². The monoisotopic (exact) mass is 218 g/mol. The lowest BCUT2D eigenvalue weighted by molar-refractivity contribution is 0.586. The largest absolute Gasteiger partial charge is 0.330 e. The smallest absolute Gasteiger partial charge is 0.123 e. The van der Waals surface area contributed by atoms with Crippen LogP contribution in [0.3, 0.4) is 0 Å². The molecule has 0 aliphatic rings. The van der Waals surface area contributed by atoms with Crippen LogP contribution in [0.25, 0.3) is 10.8 Å². The fourth-order valence-electron chi connectivity index (χ4n) is 1.78. The molecule has 1 unspecified atom stereocenters. The molecule has 84 valence electrons. The number of hydrogen-bond acceptors (Lipinski definition) is 2. The maximum atomic E-state index is 13.2. The number of pyridine rings is 1. The Bertz CT molecular complexity index is 496. The normalized spacial score (nSPS) is 12.9. The minimum Gasteiger partial charge on any atom is -0.330 e. The van der Waals surface area contributed by atoms with Gasteiger partial charge in [-0.3, -0.25) is 4.98 Å². The van der Waals surface area contributed by atoms with E-state index in [-0.39, 0.29) is 5.82 Å². The first kappa shape index (κ1) is 11.0. The van der Waals surface area contributed by atoms with Crippen LogP contribution < -0.4 is 5.73 Å². The molecular formula is C13H15FN2. The minimum atomic E-state index is -0.220. The maximum absolute atomic E-state index is 13.2. The molecule has 0 spiro atoms. The van der Waals surface area contributed by atoms with E-state index in [1.54, 1.807) is 18.3 Å². The molecule has 0 aliphatic heterocycles. The van der Waals surface area contributed by atoms with Crippen LogP contribution in [0, 0.1) is 11.7 Å². The van der Waals surface area contributed by atoms with E-state index in [9.17, 15) is 4.39 Å². The summed E-state index contributed by atoms with van der Waals surface area (Å²) in [6, 6.07) is 6.69. The fourth-order valence-corrected chi connectivity index (χ4v) is 1.78. The van der Waals surface area contributed by atoms with Gasteiger partial charge in [0.2, 0.25) is 0 Å². The van der Waals surface area contributed by atoms with Gasteiger partial charge in [0.25, 0.3) is 0 Å². The quantitative estimate of drug-likeness (QED) is 0.859. The molecular weight excluding hydrogens is 203 g/mol. The van der Waals surface area contributed by atoms with Gasteiger partial charge in [-0.05, 0) is 42.5 Å². The third-order valence-corrected chi connectivity index (χ3v) is 2.75. The van der Waals surface area contributed by atoms with Crippen molar-refractivity contribution in [3.05, 3.63) is 42.0 Å². The first-order valence-electron chi connectivity index (χ1n) is 5.44. The van der Waals surface area contributed by atoms with E-state index in [1.165, 1.54) is 6.07 Å². The van der Waals surface area contributed by atoms with Crippen molar-refractivity contribution in [1.29, 1.82) is 0 Å². The molecule has 0 amide bonds. The SMILES string of the molecule is CC(CN)Cc1nccc2ccc(F)cc12. The molecule has 16 heavy (non-hydrogen) atoms. The molecule has 1 aromatic heterocycles. The Morgan fingerprint density at radius 1 is 1.38 bits per heavy atom. The van der Waals surface area contributed by atoms with Gasteiger partial charge in [0.15, 0.2) is 0 Å². The second kappa shape index (κ2) is 4.58. The summed E-state index contributed by atoms with van der Waals surface area (Å²) in [6.07, 6.45) is 2.55. The summed E-state index contributed by atoms with van der Waals surface area (Å²) < 4.78 is 13.2. The number of aromatic nitrogens is 1. The molecule has 0 bridgehead atoms. The van der Waals surface area contributed by atoms with Gasteiger partial charge < -0.3 is 5.73 Å². The number of benzene rings is 1. The van der Waals surface area contributed by atoms with Crippen LogP contribution in [0.5, 0.6) is 0 Å². The highest BCUT2D eigenvalue weighted by Gasteiger charge is 2.07. The number of rotatable bonds is 3. The lowest BCUT2D eigenvalue weighted by Gasteiger charge is -2.10. The van der Waals surface area contributed by atoms with Gasteiger partial charge in [-0.25, -0.2) is 4.39 Å². The summed E-state index contributed by atoms with van der Waals surface area (Å²) in [5.41, 5.74) is 6.52. The van der Waals surface area contributed by atoms with Crippen molar-refractivity contribution in [1.82, 2.24) is 4.98 Å². The predicted octanol–water partition coefficient (Wildman–Crippen LogP) is 2.51. The van der Waals surface area contributed by atoms with Gasteiger partial charge in [-0.2, -0.15) is 0 Å². The second-order valence-corrected chi connectivity index (χ2v) is 4.17. The zero-order valence-electron chi connectivity index (χ0n) is 9.28. The molecule has 0 saturated heterocycles. The van der Waals surface area contributed by atoms with E-state index >= 15 is 0 Å². The van der Waals surface area contributed by atoms with Crippen molar-refractivity contribution in [2.45, 2.75) is 13.3 Å². The lowest BCUT2D eigenvalue weighted by atomic mass is 10.0. The molecule has 0 radical (unpaired) electrons. The molecule has 1 aromatic carbocycles. The molecule has 1 heterocycles. The molecule has 2 N–H and O–H groups in total. The summed E-state index contributed by atoms with van der Waals surface area (Å²) in [6.45, 7) is 2.69. The Hall–Kier alpha value is -1.48. The Kier molecular flexibility index (Phi) is 3.15. The van der Waals surface area contributed by atoms with Crippen molar-refractivity contribution >= 4 is 10.8 Å². The van der Waals surface area contributed by atoms with Crippen molar-refractivity contribution in [2.75, 3.05) is 6.54 Å². The molecule has 2 rings (SSSR count). The molecule has 2 nitrogen and oxygen atoms in total. The average Bonchev–Trinajstić information content (AvgIpc) is 2.29. The average molecular weight is 218 g/mol. The van der Waals surface area contributed by atoms with Crippen LogP contribution in [0.15, 0.2) is 30.5 Å². The number of nitrogens with two attached hydrogens (primary N) is 1. The van der Waals surface area contributed by atoms with Crippen LogP contribution in [0.4, 0.5) is 4.39 Å². The van der Waals surface area contributed by atoms with E-state index in [0.29, 0.717) is 12.5 Å². The number of nitrogens with zero attached hydrogens (tertiary/aromatic N) is 1. The summed E-state index contributed by atoms with van der Waals surface area (Å²) in [4.78, 5) is 4.31. The second-order valence-electron chi connectivity index (χ2n) is 4.17. The zero-order valence-corrected chi connectivity index (χ0v) is 9.28. The summed E-state index contributed by atoms with van der Waals surface area (Å²) >= 11 is 0. The van der Waals surface area contributed by atoms with E-state index in [1.807, 2.05) is 6.07 Å². The van der Waals surface area contributed by atoms with Gasteiger partial charge in [0.05, 0.1) is 0 Å². The van der Waals surface area contributed by atoms with E-state index in [0.717, 1.165) is 22.9 Å². The highest BCUT2D eigenvalue weighted by molar-refractivity contribution is 5.84. The van der Waals surface area contributed by atoms with Crippen LogP contribution in [0.1, 0.15) is 12.6 Å². The number of fused-ring (bicyclic) bond motifs is 1. The van der Waals surface area contributed by atoms with Crippen LogP contribution in [-0.4, -0.2) is 11.5 Å². The van der Waals surface area contributed by atoms with Gasteiger partial charge in [-0.1, -0.05) is 13.0 Å². The van der Waals surface area contributed by atoms with Gasteiger partial charge in [0, 0.05) is 17.3 Å². The topological polar surface area (TPSA) is 38.9 Å². The van der Waals surface area contributed by atoms with Crippen molar-refractivity contribution in [3.8, 4) is 0 Å². The summed E-state index contributed by atoms with van der Waals surface area (Å²) in [7, 11) is 0. The van der Waals surface area contributed by atoms with Crippen molar-refractivity contribution in [3.63, 3.8) is 0 Å². The number of halogens is 1. The van der Waals surface area contributed by atoms with Crippen LogP contribution in [0.2, 0.25) is 0 Å². The third-order valence-electron chi connectivity index (χ3n) is 2.75. The Balaban J connectivity index is 2.47. The Labute approximate surface area is 94.3 Å².